The van der Waals surface area contributed by atoms with Crippen LogP contribution in [-0.4, -0.2) is 51.1 Å². The Labute approximate surface area is 193 Å². The second-order valence-electron chi connectivity index (χ2n) is 9.11. The summed E-state index contributed by atoms with van der Waals surface area (Å²) in [5.41, 5.74) is 10.4. The zero-order chi connectivity index (χ0) is 22.4. The molecule has 2 aromatic heterocycles. The topological polar surface area (TPSA) is 79.8 Å². The van der Waals surface area contributed by atoms with Crippen molar-refractivity contribution in [3.63, 3.8) is 0 Å². The smallest absolute Gasteiger partial charge is 0.255 e. The summed E-state index contributed by atoms with van der Waals surface area (Å²) in [6.45, 7) is 6.48. The third-order valence-corrected chi connectivity index (χ3v) is 6.94. The Morgan fingerprint density at radius 2 is 2.00 bits per heavy atom. The fourth-order valence-electron chi connectivity index (χ4n) is 4.92. The molecule has 0 bridgehead atoms. The van der Waals surface area contributed by atoms with Crippen molar-refractivity contribution in [2.45, 2.75) is 51.6 Å². The molecule has 7 nitrogen and oxygen atoms in total. The number of hydrogen-bond donors (Lipinski definition) is 1. The van der Waals surface area contributed by atoms with E-state index in [1.807, 2.05) is 40.7 Å². The quantitative estimate of drug-likeness (QED) is 0.651. The molecular formula is C24H29ClN6O. The summed E-state index contributed by atoms with van der Waals surface area (Å²) in [4.78, 5) is 22.5. The standard InChI is InChI=1S/C24H29ClN6O/c1-15-6-7-19(25)18(11-15)24(32)30-9-4-3-5-21(30)20-12-22-27-23(16(2)13-31(22)28-20)29-10-8-17(26)14-29/h6-7,11-13,17,21H,3-5,8-10,14,26H2,1-2H3. The van der Waals surface area contributed by atoms with Crippen LogP contribution in [0.1, 0.15) is 58.9 Å². The highest BCUT2D eigenvalue weighted by Crippen LogP contribution is 2.34. The normalized spacial score (nSPS) is 21.5. The molecule has 4 heterocycles. The van der Waals surface area contributed by atoms with Crippen LogP contribution in [0.3, 0.4) is 0 Å². The van der Waals surface area contributed by atoms with E-state index in [1.165, 1.54) is 0 Å². The minimum absolute atomic E-state index is 0.0312. The van der Waals surface area contributed by atoms with E-state index >= 15 is 0 Å². The number of halogens is 1. The fourth-order valence-corrected chi connectivity index (χ4v) is 5.12. The monoisotopic (exact) mass is 452 g/mol. The van der Waals surface area contributed by atoms with Gasteiger partial charge in [-0.1, -0.05) is 23.2 Å². The van der Waals surface area contributed by atoms with Gasteiger partial charge >= 0.3 is 0 Å². The predicted molar refractivity (Wildman–Crippen MR) is 126 cm³/mol. The predicted octanol–water partition coefficient (Wildman–Crippen LogP) is 3.90. The Morgan fingerprint density at radius 3 is 2.78 bits per heavy atom. The van der Waals surface area contributed by atoms with Crippen LogP contribution in [0.4, 0.5) is 5.82 Å². The van der Waals surface area contributed by atoms with Gasteiger partial charge in [0, 0.05) is 43.5 Å². The first-order valence-electron chi connectivity index (χ1n) is 11.4. The number of carbonyl (C=O) groups excluding carboxylic acids is 1. The van der Waals surface area contributed by atoms with Gasteiger partial charge in [0.1, 0.15) is 5.82 Å². The molecule has 0 saturated carbocycles. The lowest BCUT2D eigenvalue weighted by Crippen LogP contribution is -2.38. The number of hydrogen-bond acceptors (Lipinski definition) is 5. The lowest BCUT2D eigenvalue weighted by Gasteiger charge is -2.35. The number of rotatable bonds is 3. The molecule has 32 heavy (non-hydrogen) atoms. The number of carbonyl (C=O) groups is 1. The van der Waals surface area contributed by atoms with Gasteiger partial charge in [-0.15, -0.1) is 0 Å². The van der Waals surface area contributed by atoms with E-state index in [9.17, 15) is 4.79 Å². The molecule has 0 radical (unpaired) electrons. The van der Waals surface area contributed by atoms with Crippen molar-refractivity contribution in [2.75, 3.05) is 24.5 Å². The Kier molecular flexibility index (Phi) is 5.55. The van der Waals surface area contributed by atoms with Gasteiger partial charge < -0.3 is 15.5 Å². The van der Waals surface area contributed by atoms with Crippen molar-refractivity contribution in [3.8, 4) is 0 Å². The van der Waals surface area contributed by atoms with E-state index in [-0.39, 0.29) is 18.0 Å². The van der Waals surface area contributed by atoms with E-state index in [1.54, 1.807) is 6.07 Å². The number of benzene rings is 1. The summed E-state index contributed by atoms with van der Waals surface area (Å²) in [6.07, 6.45) is 5.93. The molecule has 2 aliphatic rings. The van der Waals surface area contributed by atoms with E-state index in [0.717, 1.165) is 67.1 Å². The van der Waals surface area contributed by atoms with Crippen molar-refractivity contribution in [1.29, 1.82) is 0 Å². The van der Waals surface area contributed by atoms with Crippen molar-refractivity contribution in [1.82, 2.24) is 19.5 Å². The number of amides is 1. The summed E-state index contributed by atoms with van der Waals surface area (Å²) in [5.74, 6) is 0.941. The van der Waals surface area contributed by atoms with E-state index < -0.39 is 0 Å². The van der Waals surface area contributed by atoms with Crippen LogP contribution < -0.4 is 10.6 Å². The average molecular weight is 453 g/mol. The van der Waals surface area contributed by atoms with Crippen LogP contribution in [-0.2, 0) is 0 Å². The lowest BCUT2D eigenvalue weighted by molar-refractivity contribution is 0.0606. The largest absolute Gasteiger partial charge is 0.355 e. The number of aryl methyl sites for hydroxylation is 2. The average Bonchev–Trinajstić information content (AvgIpc) is 3.40. The lowest BCUT2D eigenvalue weighted by atomic mass is 9.98. The Morgan fingerprint density at radius 1 is 1.16 bits per heavy atom. The maximum absolute atomic E-state index is 13.5. The minimum Gasteiger partial charge on any atom is -0.355 e. The fraction of sp³-hybridized carbons (Fsp3) is 0.458. The molecule has 2 fully saturated rings. The van der Waals surface area contributed by atoms with Gasteiger partial charge in [-0.3, -0.25) is 4.79 Å². The summed E-state index contributed by atoms with van der Waals surface area (Å²) in [5, 5.41) is 5.32. The summed E-state index contributed by atoms with van der Waals surface area (Å²) >= 11 is 6.38. The van der Waals surface area contributed by atoms with Gasteiger partial charge in [0.2, 0.25) is 0 Å². The van der Waals surface area contributed by atoms with Crippen molar-refractivity contribution in [3.05, 3.63) is 57.9 Å². The maximum atomic E-state index is 13.5. The summed E-state index contributed by atoms with van der Waals surface area (Å²) in [7, 11) is 0. The molecule has 0 spiro atoms. The Balaban J connectivity index is 1.48. The third-order valence-electron chi connectivity index (χ3n) is 6.61. The van der Waals surface area contributed by atoms with Crippen LogP contribution in [0.5, 0.6) is 0 Å². The zero-order valence-corrected chi connectivity index (χ0v) is 19.3. The molecule has 1 amide bonds. The molecule has 2 N–H and O–H groups in total. The first-order valence-corrected chi connectivity index (χ1v) is 11.7. The number of nitrogens with zero attached hydrogens (tertiary/aromatic N) is 5. The first kappa shape index (κ1) is 21.2. The highest BCUT2D eigenvalue weighted by Gasteiger charge is 2.32. The van der Waals surface area contributed by atoms with Crippen LogP contribution in [0.25, 0.3) is 5.65 Å². The molecular weight excluding hydrogens is 424 g/mol. The highest BCUT2D eigenvalue weighted by atomic mass is 35.5. The van der Waals surface area contributed by atoms with Crippen molar-refractivity contribution in [2.24, 2.45) is 5.73 Å². The van der Waals surface area contributed by atoms with E-state index in [4.69, 9.17) is 27.4 Å². The molecule has 5 rings (SSSR count). The van der Waals surface area contributed by atoms with Crippen molar-refractivity contribution < 1.29 is 4.79 Å². The number of piperidine rings is 1. The SMILES string of the molecule is Cc1ccc(Cl)c(C(=O)N2CCCCC2c2cc3nc(N4CCC(N)C4)c(C)cn3n2)c1. The molecule has 2 saturated heterocycles. The molecule has 1 aromatic carbocycles. The Hall–Kier alpha value is -2.64. The van der Waals surface area contributed by atoms with Crippen molar-refractivity contribution >= 4 is 29.0 Å². The van der Waals surface area contributed by atoms with Gasteiger partial charge in [0.05, 0.1) is 22.3 Å². The van der Waals surface area contributed by atoms with Gasteiger partial charge in [0.15, 0.2) is 5.65 Å². The van der Waals surface area contributed by atoms with Gasteiger partial charge in [-0.05, 0) is 51.7 Å². The van der Waals surface area contributed by atoms with Crippen LogP contribution in [0.15, 0.2) is 30.5 Å². The molecule has 0 aliphatic carbocycles. The van der Waals surface area contributed by atoms with Crippen LogP contribution >= 0.6 is 11.6 Å². The summed E-state index contributed by atoms with van der Waals surface area (Å²) in [6, 6.07) is 7.73. The number of fused-ring (bicyclic) bond motifs is 1. The second-order valence-corrected chi connectivity index (χ2v) is 9.51. The maximum Gasteiger partial charge on any atom is 0.255 e. The van der Waals surface area contributed by atoms with Gasteiger partial charge in [-0.25, -0.2) is 9.50 Å². The number of anilines is 1. The first-order chi connectivity index (χ1) is 15.4. The van der Waals surface area contributed by atoms with E-state index in [0.29, 0.717) is 17.1 Å². The number of likely N-dealkylation sites (tertiary alicyclic amines) is 1. The highest BCUT2D eigenvalue weighted by molar-refractivity contribution is 6.33. The third kappa shape index (κ3) is 3.84. The van der Waals surface area contributed by atoms with Gasteiger partial charge in [0.25, 0.3) is 5.91 Å². The zero-order valence-electron chi connectivity index (χ0n) is 18.6. The van der Waals surface area contributed by atoms with Crippen LogP contribution in [0.2, 0.25) is 5.02 Å². The molecule has 8 heteroatoms. The number of nitrogens with two attached hydrogens (primary N) is 1. The molecule has 2 unspecified atom stereocenters. The van der Waals surface area contributed by atoms with E-state index in [2.05, 4.69) is 11.8 Å². The number of aromatic nitrogens is 3. The Bertz CT molecular complexity index is 1170. The second kappa shape index (κ2) is 8.37. The van der Waals surface area contributed by atoms with Gasteiger partial charge in [-0.2, -0.15) is 5.10 Å². The summed E-state index contributed by atoms with van der Waals surface area (Å²) < 4.78 is 1.83. The van der Waals surface area contributed by atoms with Crippen LogP contribution in [0, 0.1) is 13.8 Å². The molecule has 168 valence electrons. The minimum atomic E-state index is -0.0847. The molecule has 2 aliphatic heterocycles. The molecule has 2 atom stereocenters. The molecule has 3 aromatic rings.